The number of carbonyl (C=O) groups is 1. The molecule has 1 aromatic carbocycles. The maximum Gasteiger partial charge on any atom is 0.325 e. The van der Waals surface area contributed by atoms with Crippen LogP contribution in [0, 0.1) is 12.8 Å². The van der Waals surface area contributed by atoms with Gasteiger partial charge < -0.3 is 18.9 Å². The molecule has 2 aliphatic rings. The number of anilines is 1. The van der Waals surface area contributed by atoms with Gasteiger partial charge in [0.1, 0.15) is 17.2 Å². The van der Waals surface area contributed by atoms with Crippen molar-refractivity contribution in [3.63, 3.8) is 0 Å². The summed E-state index contributed by atoms with van der Waals surface area (Å²) in [6.07, 6.45) is 2.85. The van der Waals surface area contributed by atoms with E-state index in [0.717, 1.165) is 85.1 Å². The van der Waals surface area contributed by atoms with Crippen molar-refractivity contribution in [2.24, 2.45) is 13.0 Å². The van der Waals surface area contributed by atoms with E-state index in [1.807, 2.05) is 50.5 Å². The Hall–Kier alpha value is -3.57. The van der Waals surface area contributed by atoms with E-state index in [0.29, 0.717) is 31.7 Å². The van der Waals surface area contributed by atoms with Crippen LogP contribution < -0.4 is 4.90 Å². The second kappa shape index (κ2) is 11.0. The molecule has 0 N–H and O–H groups in total. The van der Waals surface area contributed by atoms with Crippen LogP contribution in [0.3, 0.4) is 0 Å². The summed E-state index contributed by atoms with van der Waals surface area (Å²) >= 11 is 0. The van der Waals surface area contributed by atoms with E-state index in [1.165, 1.54) is 0 Å². The maximum atomic E-state index is 12.5. The lowest BCUT2D eigenvalue weighted by molar-refractivity contribution is -0.156. The molecule has 41 heavy (non-hydrogen) atoms. The van der Waals surface area contributed by atoms with Gasteiger partial charge in [0.25, 0.3) is 0 Å². The van der Waals surface area contributed by atoms with Crippen molar-refractivity contribution in [2.45, 2.75) is 52.5 Å². The molecule has 218 valence electrons. The highest BCUT2D eigenvalue weighted by molar-refractivity contribution is 5.86. The normalized spacial score (nSPS) is 17.5. The fourth-order valence-electron chi connectivity index (χ4n) is 6.15. The molecule has 2 fully saturated rings. The van der Waals surface area contributed by atoms with Crippen LogP contribution in [0.2, 0.25) is 0 Å². The number of ether oxygens (including phenoxy) is 2. The van der Waals surface area contributed by atoms with Gasteiger partial charge in [0.2, 0.25) is 5.95 Å². The predicted octanol–water partition coefficient (Wildman–Crippen LogP) is 3.44. The largest absolute Gasteiger partial charge is 0.465 e. The van der Waals surface area contributed by atoms with Gasteiger partial charge in [-0.1, -0.05) is 12.1 Å². The molecule has 11 nitrogen and oxygen atoms in total. The minimum absolute atomic E-state index is 0.153. The molecule has 0 unspecified atom stereocenters. The first-order valence-corrected chi connectivity index (χ1v) is 14.7. The Balaban J connectivity index is 1.32. The summed E-state index contributed by atoms with van der Waals surface area (Å²) in [7, 11) is 2.06. The number of piperidine rings is 1. The van der Waals surface area contributed by atoms with Crippen molar-refractivity contribution in [2.75, 3.05) is 50.9 Å². The molecule has 2 aliphatic heterocycles. The standard InChI is InChI=1S/C30H40N8O3/c1-6-41-28(39)30(3,4)37-13-11-21(12-14-37)19-24-32-25-26(35(24)5)33-29(34-27(25)36-15-17-40-18-16-36)38-20(2)31-22-9-7-8-10-23(22)38/h7-10,21H,6,11-19H2,1-5H3. The second-order valence-electron chi connectivity index (χ2n) is 11.6. The summed E-state index contributed by atoms with van der Waals surface area (Å²) in [6, 6.07) is 8.09. The highest BCUT2D eigenvalue weighted by Gasteiger charge is 2.38. The smallest absolute Gasteiger partial charge is 0.325 e. The average Bonchev–Trinajstić information content (AvgIpc) is 3.48. The summed E-state index contributed by atoms with van der Waals surface area (Å²) in [4.78, 5) is 37.1. The number of imidazole rings is 2. The second-order valence-corrected chi connectivity index (χ2v) is 11.6. The molecular formula is C30H40N8O3. The van der Waals surface area contributed by atoms with Crippen LogP contribution in [0.15, 0.2) is 24.3 Å². The SMILES string of the molecule is CCOC(=O)C(C)(C)N1CCC(Cc2nc3c(N4CCOCC4)nc(-n4c(C)nc5ccccc54)nc3n2C)CC1. The molecule has 0 spiro atoms. The van der Waals surface area contributed by atoms with Crippen LogP contribution >= 0.6 is 0 Å². The number of hydrogen-bond acceptors (Lipinski definition) is 9. The molecule has 4 aromatic rings. The third-order valence-corrected chi connectivity index (χ3v) is 8.67. The number of fused-ring (bicyclic) bond motifs is 2. The van der Waals surface area contributed by atoms with Gasteiger partial charge in [-0.25, -0.2) is 9.97 Å². The predicted molar refractivity (Wildman–Crippen MR) is 157 cm³/mol. The summed E-state index contributed by atoms with van der Waals surface area (Å²) in [5.41, 5.74) is 2.94. The number of carbonyl (C=O) groups excluding carboxylic acids is 1. The number of esters is 1. The van der Waals surface area contributed by atoms with Gasteiger partial charge >= 0.3 is 5.97 Å². The molecule has 11 heteroatoms. The Kier molecular flexibility index (Phi) is 7.41. The third kappa shape index (κ3) is 5.05. The molecule has 0 amide bonds. The van der Waals surface area contributed by atoms with E-state index in [4.69, 9.17) is 29.4 Å². The molecule has 0 bridgehead atoms. The quantitative estimate of drug-likeness (QED) is 0.315. The number of nitrogens with zero attached hydrogens (tertiary/aromatic N) is 8. The van der Waals surface area contributed by atoms with Crippen LogP contribution in [0.1, 0.15) is 45.3 Å². The number of hydrogen-bond donors (Lipinski definition) is 0. The van der Waals surface area contributed by atoms with Gasteiger partial charge in [-0.3, -0.25) is 14.3 Å². The Morgan fingerprint density at radius 2 is 1.78 bits per heavy atom. The van der Waals surface area contributed by atoms with E-state index in [1.54, 1.807) is 0 Å². The topological polar surface area (TPSA) is 103 Å². The van der Waals surface area contributed by atoms with Gasteiger partial charge in [0.05, 0.1) is 30.9 Å². The lowest BCUT2D eigenvalue weighted by Crippen LogP contribution is -2.53. The minimum Gasteiger partial charge on any atom is -0.465 e. The molecule has 0 radical (unpaired) electrons. The van der Waals surface area contributed by atoms with Crippen molar-refractivity contribution in [3.8, 4) is 5.95 Å². The van der Waals surface area contributed by atoms with E-state index in [-0.39, 0.29) is 5.97 Å². The van der Waals surface area contributed by atoms with Crippen molar-refractivity contribution in [1.29, 1.82) is 0 Å². The zero-order valence-electron chi connectivity index (χ0n) is 24.8. The van der Waals surface area contributed by atoms with Crippen LogP contribution in [0.4, 0.5) is 5.82 Å². The van der Waals surface area contributed by atoms with Crippen molar-refractivity contribution in [3.05, 3.63) is 35.9 Å². The lowest BCUT2D eigenvalue weighted by Gasteiger charge is -2.41. The van der Waals surface area contributed by atoms with Gasteiger partial charge in [0, 0.05) is 26.6 Å². The molecule has 2 saturated heterocycles. The zero-order valence-corrected chi connectivity index (χ0v) is 24.8. The van der Waals surface area contributed by atoms with Gasteiger partial charge in [-0.15, -0.1) is 0 Å². The number of likely N-dealkylation sites (tertiary alicyclic amines) is 1. The molecule has 0 atom stereocenters. The van der Waals surface area contributed by atoms with Crippen LogP contribution in [-0.4, -0.2) is 91.5 Å². The number of morpholine rings is 1. The zero-order chi connectivity index (χ0) is 28.7. The number of aromatic nitrogens is 6. The van der Waals surface area contributed by atoms with E-state index >= 15 is 0 Å². The number of benzene rings is 1. The monoisotopic (exact) mass is 560 g/mol. The number of para-hydroxylation sites is 2. The number of rotatable bonds is 7. The number of aryl methyl sites for hydroxylation is 2. The fourth-order valence-corrected chi connectivity index (χ4v) is 6.15. The van der Waals surface area contributed by atoms with Gasteiger partial charge in [-0.2, -0.15) is 9.97 Å². The molecular weight excluding hydrogens is 520 g/mol. The van der Waals surface area contributed by atoms with E-state index in [2.05, 4.69) is 27.5 Å². The summed E-state index contributed by atoms with van der Waals surface area (Å²) in [5.74, 6) is 3.63. The first-order chi connectivity index (χ1) is 19.8. The Bertz CT molecular complexity index is 1560. The van der Waals surface area contributed by atoms with Crippen LogP contribution in [-0.2, 0) is 27.7 Å². The minimum atomic E-state index is -0.618. The maximum absolute atomic E-state index is 12.5. The van der Waals surface area contributed by atoms with Crippen molar-refractivity contribution >= 4 is 34.0 Å². The van der Waals surface area contributed by atoms with Gasteiger partial charge in [-0.05, 0) is 71.7 Å². The summed E-state index contributed by atoms with van der Waals surface area (Å²) < 4.78 is 15.1. The molecule has 6 rings (SSSR count). The molecule has 3 aromatic heterocycles. The molecule has 0 saturated carbocycles. The average molecular weight is 561 g/mol. The third-order valence-electron chi connectivity index (χ3n) is 8.67. The van der Waals surface area contributed by atoms with Crippen molar-refractivity contribution < 1.29 is 14.3 Å². The van der Waals surface area contributed by atoms with Crippen molar-refractivity contribution in [1.82, 2.24) is 34.0 Å². The lowest BCUT2D eigenvalue weighted by atomic mass is 9.90. The Morgan fingerprint density at radius 1 is 1.05 bits per heavy atom. The van der Waals surface area contributed by atoms with Gasteiger partial charge in [0.15, 0.2) is 17.0 Å². The first kappa shape index (κ1) is 27.6. The Morgan fingerprint density at radius 3 is 2.51 bits per heavy atom. The van der Waals surface area contributed by atoms with Crippen LogP contribution in [0.25, 0.3) is 28.1 Å². The Labute approximate surface area is 240 Å². The summed E-state index contributed by atoms with van der Waals surface area (Å²) in [6.45, 7) is 12.7. The van der Waals surface area contributed by atoms with E-state index in [9.17, 15) is 4.79 Å². The van der Waals surface area contributed by atoms with Crippen LogP contribution in [0.5, 0.6) is 0 Å². The summed E-state index contributed by atoms with van der Waals surface area (Å²) in [5, 5.41) is 0. The highest BCUT2D eigenvalue weighted by atomic mass is 16.5. The highest BCUT2D eigenvalue weighted by Crippen LogP contribution is 2.31. The fraction of sp³-hybridized carbons (Fsp3) is 0.567. The first-order valence-electron chi connectivity index (χ1n) is 14.7. The van der Waals surface area contributed by atoms with E-state index < -0.39 is 5.54 Å². The molecule has 0 aliphatic carbocycles. The molecule has 5 heterocycles.